The predicted molar refractivity (Wildman–Crippen MR) is 64.5 cm³/mol. The summed E-state index contributed by atoms with van der Waals surface area (Å²) in [6.07, 6.45) is 0.825. The molecule has 3 N–H and O–H groups in total. The van der Waals surface area contributed by atoms with Crippen LogP contribution in [0.4, 0.5) is 15.8 Å². The maximum Gasteiger partial charge on any atom is 0.148 e. The van der Waals surface area contributed by atoms with E-state index in [4.69, 9.17) is 15.2 Å². The van der Waals surface area contributed by atoms with Gasteiger partial charge in [-0.1, -0.05) is 6.07 Å². The number of rotatable bonds is 4. The number of benzene rings is 1. The molecule has 4 nitrogen and oxygen atoms in total. The highest BCUT2D eigenvalue weighted by Crippen LogP contribution is 2.26. The predicted octanol–water partition coefficient (Wildman–Crippen LogP) is 1.63. The summed E-state index contributed by atoms with van der Waals surface area (Å²) in [6.45, 7) is 1.79. The normalized spacial score (nSPS) is 23.9. The van der Waals surface area contributed by atoms with Crippen LogP contribution in [0.1, 0.15) is 6.42 Å². The number of para-hydroxylation sites is 1. The third kappa shape index (κ3) is 2.50. The molecule has 1 aromatic carbocycles. The Morgan fingerprint density at radius 1 is 1.59 bits per heavy atom. The first-order valence-electron chi connectivity index (χ1n) is 5.58. The van der Waals surface area contributed by atoms with Crippen molar-refractivity contribution in [3.05, 3.63) is 24.0 Å². The summed E-state index contributed by atoms with van der Waals surface area (Å²) >= 11 is 0. The van der Waals surface area contributed by atoms with E-state index in [9.17, 15) is 4.39 Å². The van der Waals surface area contributed by atoms with Gasteiger partial charge in [0.05, 0.1) is 18.0 Å². The smallest absolute Gasteiger partial charge is 0.148 e. The van der Waals surface area contributed by atoms with Gasteiger partial charge in [-0.15, -0.1) is 0 Å². The topological polar surface area (TPSA) is 56.5 Å². The molecule has 1 aliphatic rings. The molecule has 2 rings (SSSR count). The molecular formula is C12H17FN2O2. The highest BCUT2D eigenvalue weighted by molar-refractivity contribution is 5.66. The number of hydrogen-bond donors (Lipinski definition) is 2. The molecule has 1 atom stereocenters. The third-order valence-corrected chi connectivity index (χ3v) is 3.15. The monoisotopic (exact) mass is 240 g/mol. The molecule has 0 aliphatic carbocycles. The maximum absolute atomic E-state index is 13.2. The van der Waals surface area contributed by atoms with E-state index in [2.05, 4.69) is 5.32 Å². The van der Waals surface area contributed by atoms with Crippen molar-refractivity contribution in [2.24, 2.45) is 0 Å². The Kier molecular flexibility index (Phi) is 3.49. The fourth-order valence-electron chi connectivity index (χ4n) is 1.91. The van der Waals surface area contributed by atoms with Crippen molar-refractivity contribution in [2.75, 3.05) is 37.9 Å². The van der Waals surface area contributed by atoms with Crippen LogP contribution in [-0.4, -0.2) is 32.5 Å². The van der Waals surface area contributed by atoms with Crippen molar-refractivity contribution in [2.45, 2.75) is 12.0 Å². The van der Waals surface area contributed by atoms with Crippen LogP contribution in [0.2, 0.25) is 0 Å². The van der Waals surface area contributed by atoms with Gasteiger partial charge < -0.3 is 20.5 Å². The number of halogens is 1. The third-order valence-electron chi connectivity index (χ3n) is 3.15. The van der Waals surface area contributed by atoms with Crippen molar-refractivity contribution in [1.29, 1.82) is 0 Å². The summed E-state index contributed by atoms with van der Waals surface area (Å²) in [5.41, 5.74) is 6.04. The average molecular weight is 240 g/mol. The summed E-state index contributed by atoms with van der Waals surface area (Å²) < 4.78 is 24.0. The number of nitrogens with two attached hydrogens (primary N) is 1. The number of methoxy groups -OCH3 is 1. The lowest BCUT2D eigenvalue weighted by molar-refractivity contribution is -0.00619. The van der Waals surface area contributed by atoms with E-state index in [-0.39, 0.29) is 11.3 Å². The molecule has 1 aliphatic heterocycles. The van der Waals surface area contributed by atoms with Crippen LogP contribution in [0.5, 0.6) is 0 Å². The summed E-state index contributed by atoms with van der Waals surface area (Å²) in [6, 6.07) is 4.71. The minimum absolute atomic E-state index is 0.137. The van der Waals surface area contributed by atoms with E-state index in [0.29, 0.717) is 25.4 Å². The van der Waals surface area contributed by atoms with Crippen molar-refractivity contribution in [3.63, 3.8) is 0 Å². The molecule has 1 heterocycles. The molecule has 0 bridgehead atoms. The fraction of sp³-hybridized carbons (Fsp3) is 0.500. The lowest BCUT2D eigenvalue weighted by atomic mass is 10.0. The molecule has 0 saturated carbocycles. The fourth-order valence-corrected chi connectivity index (χ4v) is 1.91. The zero-order chi connectivity index (χ0) is 12.3. The van der Waals surface area contributed by atoms with Gasteiger partial charge >= 0.3 is 0 Å². The number of hydrogen-bond acceptors (Lipinski definition) is 4. The standard InChI is InChI=1S/C12H17FN2O2/c1-16-12(5-6-17-8-12)7-15-10-4-2-3-9(13)11(10)14/h2-4,15H,5-8,14H2,1H3. The Balaban J connectivity index is 2.04. The lowest BCUT2D eigenvalue weighted by Crippen LogP contribution is -2.39. The van der Waals surface area contributed by atoms with Crippen molar-refractivity contribution in [1.82, 2.24) is 0 Å². The van der Waals surface area contributed by atoms with Crippen LogP contribution in [0.3, 0.4) is 0 Å². The number of nitrogens with one attached hydrogen (secondary N) is 1. The van der Waals surface area contributed by atoms with Crippen LogP contribution < -0.4 is 11.1 Å². The maximum atomic E-state index is 13.2. The zero-order valence-electron chi connectivity index (χ0n) is 9.83. The molecular weight excluding hydrogens is 223 g/mol. The van der Waals surface area contributed by atoms with Gasteiger partial charge in [-0.05, 0) is 12.1 Å². The second kappa shape index (κ2) is 4.89. The zero-order valence-corrected chi connectivity index (χ0v) is 9.83. The molecule has 0 radical (unpaired) electrons. The molecule has 1 aromatic rings. The van der Waals surface area contributed by atoms with Crippen LogP contribution in [0.25, 0.3) is 0 Å². The minimum atomic E-state index is -0.413. The molecule has 17 heavy (non-hydrogen) atoms. The van der Waals surface area contributed by atoms with Crippen molar-refractivity contribution >= 4 is 11.4 Å². The van der Waals surface area contributed by atoms with Gasteiger partial charge in [-0.25, -0.2) is 4.39 Å². The average Bonchev–Trinajstić information content (AvgIpc) is 2.81. The van der Waals surface area contributed by atoms with E-state index in [1.54, 1.807) is 19.2 Å². The van der Waals surface area contributed by atoms with Crippen LogP contribution >= 0.6 is 0 Å². The number of nitrogen functional groups attached to an aromatic ring is 1. The highest BCUT2D eigenvalue weighted by atomic mass is 19.1. The molecule has 1 fully saturated rings. The van der Waals surface area contributed by atoms with Gasteiger partial charge in [-0.2, -0.15) is 0 Å². The summed E-state index contributed by atoms with van der Waals surface area (Å²) in [5, 5.41) is 3.12. The second-order valence-corrected chi connectivity index (χ2v) is 4.24. The second-order valence-electron chi connectivity index (χ2n) is 4.24. The molecule has 1 unspecified atom stereocenters. The lowest BCUT2D eigenvalue weighted by Gasteiger charge is -2.26. The Bertz CT molecular complexity index is 392. The van der Waals surface area contributed by atoms with E-state index in [1.165, 1.54) is 6.07 Å². The van der Waals surface area contributed by atoms with Gasteiger partial charge in [0.15, 0.2) is 0 Å². The summed E-state index contributed by atoms with van der Waals surface area (Å²) in [5.74, 6) is -0.413. The van der Waals surface area contributed by atoms with Gasteiger partial charge in [0.25, 0.3) is 0 Å². The molecule has 94 valence electrons. The molecule has 0 aromatic heterocycles. The molecule has 1 saturated heterocycles. The Labute approximate surface area is 99.9 Å². The first-order valence-corrected chi connectivity index (χ1v) is 5.58. The van der Waals surface area contributed by atoms with E-state index >= 15 is 0 Å². The van der Waals surface area contributed by atoms with Crippen LogP contribution in [-0.2, 0) is 9.47 Å². The molecule has 0 amide bonds. The van der Waals surface area contributed by atoms with E-state index in [1.807, 2.05) is 0 Å². The highest BCUT2D eigenvalue weighted by Gasteiger charge is 2.34. The summed E-state index contributed by atoms with van der Waals surface area (Å²) in [7, 11) is 1.66. The van der Waals surface area contributed by atoms with Crippen molar-refractivity contribution in [3.8, 4) is 0 Å². The first kappa shape index (κ1) is 12.1. The van der Waals surface area contributed by atoms with Gasteiger partial charge in [-0.3, -0.25) is 0 Å². The molecule has 5 heteroatoms. The van der Waals surface area contributed by atoms with Gasteiger partial charge in [0.1, 0.15) is 11.4 Å². The van der Waals surface area contributed by atoms with E-state index < -0.39 is 5.82 Å². The number of ether oxygens (including phenoxy) is 2. The Morgan fingerprint density at radius 2 is 2.41 bits per heavy atom. The Morgan fingerprint density at radius 3 is 3.06 bits per heavy atom. The van der Waals surface area contributed by atoms with Crippen molar-refractivity contribution < 1.29 is 13.9 Å². The van der Waals surface area contributed by atoms with E-state index in [0.717, 1.165) is 6.42 Å². The molecule has 0 spiro atoms. The largest absolute Gasteiger partial charge is 0.395 e. The van der Waals surface area contributed by atoms with Gasteiger partial charge in [0, 0.05) is 26.7 Å². The van der Waals surface area contributed by atoms with Gasteiger partial charge in [0.2, 0.25) is 0 Å². The van der Waals surface area contributed by atoms with Crippen LogP contribution in [0.15, 0.2) is 18.2 Å². The SMILES string of the molecule is COC1(CNc2cccc(F)c2N)CCOC1. The quantitative estimate of drug-likeness (QED) is 0.785. The Hall–Kier alpha value is -1.33. The first-order chi connectivity index (χ1) is 8.17. The van der Waals surface area contributed by atoms with Crippen LogP contribution in [0, 0.1) is 5.82 Å². The minimum Gasteiger partial charge on any atom is -0.395 e. The summed E-state index contributed by atoms with van der Waals surface area (Å²) in [4.78, 5) is 0. The number of anilines is 2.